The Morgan fingerprint density at radius 2 is 2.00 bits per heavy atom. The second kappa shape index (κ2) is 6.40. The van der Waals surface area contributed by atoms with Crippen LogP contribution in [0, 0.1) is 6.92 Å². The van der Waals surface area contributed by atoms with Crippen LogP contribution in [0.15, 0.2) is 36.4 Å². The monoisotopic (exact) mass is 323 g/mol. The molecule has 0 saturated heterocycles. The molecule has 0 amide bonds. The molecule has 0 atom stereocenters. The molecule has 0 aliphatic carbocycles. The number of benzene rings is 2. The van der Waals surface area contributed by atoms with E-state index >= 15 is 0 Å². The van der Waals surface area contributed by atoms with Crippen LogP contribution in [0.25, 0.3) is 22.0 Å². The molecule has 0 saturated carbocycles. The van der Waals surface area contributed by atoms with Crippen molar-refractivity contribution >= 4 is 16.9 Å². The number of methoxy groups -OCH3 is 1. The van der Waals surface area contributed by atoms with Gasteiger partial charge in [0, 0.05) is 34.6 Å². The summed E-state index contributed by atoms with van der Waals surface area (Å²) in [7, 11) is 1.67. The number of H-pyrrole nitrogens is 1. The first-order chi connectivity index (χ1) is 11.5. The molecule has 0 bridgehead atoms. The van der Waals surface area contributed by atoms with Gasteiger partial charge in [-0.3, -0.25) is 4.79 Å². The van der Waals surface area contributed by atoms with Crippen molar-refractivity contribution in [2.45, 2.75) is 27.2 Å². The number of ether oxygens (including phenoxy) is 2. The van der Waals surface area contributed by atoms with Gasteiger partial charge in [-0.05, 0) is 43.2 Å². The van der Waals surface area contributed by atoms with E-state index in [4.69, 9.17) is 9.47 Å². The molecule has 24 heavy (non-hydrogen) atoms. The molecule has 1 N–H and O–H groups in total. The van der Waals surface area contributed by atoms with Crippen LogP contribution in [-0.4, -0.2) is 18.1 Å². The first-order valence-corrected chi connectivity index (χ1v) is 8.02. The molecule has 4 nitrogen and oxygen atoms in total. The maximum absolute atomic E-state index is 11.4. The highest BCUT2D eigenvalue weighted by Crippen LogP contribution is 2.39. The number of fused-ring (bicyclic) bond motifs is 1. The van der Waals surface area contributed by atoms with Crippen LogP contribution in [0.2, 0.25) is 0 Å². The molecule has 4 heteroatoms. The first kappa shape index (κ1) is 16.1. The number of nitrogens with one attached hydrogen (secondary N) is 1. The van der Waals surface area contributed by atoms with Crippen molar-refractivity contribution in [3.05, 3.63) is 47.7 Å². The van der Waals surface area contributed by atoms with Crippen LogP contribution in [0.4, 0.5) is 0 Å². The largest absolute Gasteiger partial charge is 0.497 e. The molecule has 0 fully saturated rings. The average molecular weight is 323 g/mol. The third-order valence-corrected chi connectivity index (χ3v) is 4.20. The Morgan fingerprint density at radius 3 is 2.67 bits per heavy atom. The summed E-state index contributed by atoms with van der Waals surface area (Å²) >= 11 is 0. The van der Waals surface area contributed by atoms with Gasteiger partial charge in [0.25, 0.3) is 0 Å². The minimum absolute atomic E-state index is 0.306. The maximum Gasteiger partial charge on any atom is 0.308 e. The van der Waals surface area contributed by atoms with Crippen molar-refractivity contribution in [2.24, 2.45) is 0 Å². The van der Waals surface area contributed by atoms with Crippen LogP contribution in [0.5, 0.6) is 11.5 Å². The van der Waals surface area contributed by atoms with E-state index in [1.165, 1.54) is 6.92 Å². The number of aromatic nitrogens is 1. The summed E-state index contributed by atoms with van der Waals surface area (Å²) in [5.41, 5.74) is 5.36. The SMILES string of the molecule is CCc1c(OC(C)=O)cccc1-c1c(C)[nH]c2ccc(OC)cc12. The number of carbonyl (C=O) groups is 1. The van der Waals surface area contributed by atoms with Crippen LogP contribution >= 0.6 is 0 Å². The van der Waals surface area contributed by atoms with E-state index in [-0.39, 0.29) is 5.97 Å². The Morgan fingerprint density at radius 1 is 1.21 bits per heavy atom. The Bertz CT molecular complexity index is 909. The highest BCUT2D eigenvalue weighted by Gasteiger charge is 2.17. The van der Waals surface area contributed by atoms with Crippen molar-refractivity contribution in [1.82, 2.24) is 4.98 Å². The van der Waals surface area contributed by atoms with Crippen molar-refractivity contribution in [1.29, 1.82) is 0 Å². The van der Waals surface area contributed by atoms with Crippen molar-refractivity contribution in [3.8, 4) is 22.6 Å². The third kappa shape index (κ3) is 2.75. The van der Waals surface area contributed by atoms with Gasteiger partial charge in [-0.25, -0.2) is 0 Å². The van der Waals surface area contributed by atoms with Gasteiger partial charge in [-0.2, -0.15) is 0 Å². The second-order valence-electron chi connectivity index (χ2n) is 5.77. The topological polar surface area (TPSA) is 51.3 Å². The number of hydrogen-bond donors (Lipinski definition) is 1. The van der Waals surface area contributed by atoms with Crippen LogP contribution < -0.4 is 9.47 Å². The molecule has 124 valence electrons. The molecule has 0 radical (unpaired) electrons. The number of aromatic amines is 1. The Labute approximate surface area is 141 Å². The molecule has 1 heterocycles. The predicted molar refractivity (Wildman–Crippen MR) is 95.7 cm³/mol. The normalized spacial score (nSPS) is 10.8. The predicted octanol–water partition coefficient (Wildman–Crippen LogP) is 4.64. The van der Waals surface area contributed by atoms with E-state index in [2.05, 4.69) is 24.9 Å². The van der Waals surface area contributed by atoms with Crippen LogP contribution in [-0.2, 0) is 11.2 Å². The summed E-state index contributed by atoms with van der Waals surface area (Å²) in [6.45, 7) is 5.55. The van der Waals surface area contributed by atoms with Crippen LogP contribution in [0.1, 0.15) is 25.1 Å². The number of aryl methyl sites for hydroxylation is 1. The van der Waals surface area contributed by atoms with Crippen LogP contribution in [0.3, 0.4) is 0 Å². The smallest absolute Gasteiger partial charge is 0.308 e. The lowest BCUT2D eigenvalue weighted by atomic mass is 9.95. The Hall–Kier alpha value is -2.75. The molecular weight excluding hydrogens is 302 g/mol. The zero-order valence-electron chi connectivity index (χ0n) is 14.4. The fourth-order valence-corrected chi connectivity index (χ4v) is 3.19. The number of carbonyl (C=O) groups excluding carboxylic acids is 1. The fraction of sp³-hybridized carbons (Fsp3) is 0.250. The second-order valence-corrected chi connectivity index (χ2v) is 5.77. The minimum atomic E-state index is -0.306. The third-order valence-electron chi connectivity index (χ3n) is 4.20. The molecule has 0 spiro atoms. The molecule has 0 aliphatic rings. The van der Waals surface area contributed by atoms with Gasteiger partial charge in [0.05, 0.1) is 7.11 Å². The van der Waals surface area contributed by atoms with Gasteiger partial charge in [-0.15, -0.1) is 0 Å². The number of hydrogen-bond acceptors (Lipinski definition) is 3. The van der Waals surface area contributed by atoms with Gasteiger partial charge < -0.3 is 14.5 Å². The van der Waals surface area contributed by atoms with Gasteiger partial charge >= 0.3 is 5.97 Å². The summed E-state index contributed by atoms with van der Waals surface area (Å²) in [5, 5.41) is 1.10. The fourth-order valence-electron chi connectivity index (χ4n) is 3.19. The number of esters is 1. The number of rotatable bonds is 4. The van der Waals surface area contributed by atoms with E-state index in [9.17, 15) is 4.79 Å². The van der Waals surface area contributed by atoms with Gasteiger partial charge in [0.1, 0.15) is 11.5 Å². The molecule has 3 aromatic rings. The molecule has 0 unspecified atom stereocenters. The average Bonchev–Trinajstić information content (AvgIpc) is 2.88. The summed E-state index contributed by atoms with van der Waals surface area (Å²) in [4.78, 5) is 14.8. The summed E-state index contributed by atoms with van der Waals surface area (Å²) in [6, 6.07) is 11.8. The van der Waals surface area contributed by atoms with Crippen molar-refractivity contribution in [2.75, 3.05) is 7.11 Å². The van der Waals surface area contributed by atoms with Gasteiger partial charge in [0.2, 0.25) is 0 Å². The summed E-state index contributed by atoms with van der Waals surface area (Å²) < 4.78 is 10.8. The van der Waals surface area contributed by atoms with Crippen molar-refractivity contribution < 1.29 is 14.3 Å². The van der Waals surface area contributed by atoms with Gasteiger partial charge in [-0.1, -0.05) is 19.1 Å². The zero-order chi connectivity index (χ0) is 17.3. The first-order valence-electron chi connectivity index (χ1n) is 8.02. The van der Waals surface area contributed by atoms with E-state index in [1.807, 2.05) is 30.3 Å². The molecular formula is C20H21NO3. The highest BCUT2D eigenvalue weighted by atomic mass is 16.5. The molecule has 3 rings (SSSR count). The van der Waals surface area contributed by atoms with E-state index in [1.54, 1.807) is 7.11 Å². The zero-order valence-corrected chi connectivity index (χ0v) is 14.4. The molecule has 2 aromatic carbocycles. The molecule has 0 aliphatic heterocycles. The summed E-state index contributed by atoms with van der Waals surface area (Å²) in [6.07, 6.45) is 0.773. The Kier molecular flexibility index (Phi) is 4.30. The van der Waals surface area contributed by atoms with E-state index in [0.29, 0.717) is 5.75 Å². The van der Waals surface area contributed by atoms with Crippen molar-refractivity contribution in [3.63, 3.8) is 0 Å². The summed E-state index contributed by atoms with van der Waals surface area (Å²) in [5.74, 6) is 1.13. The highest BCUT2D eigenvalue weighted by molar-refractivity contribution is 5.99. The minimum Gasteiger partial charge on any atom is -0.497 e. The maximum atomic E-state index is 11.4. The quantitative estimate of drug-likeness (QED) is 0.562. The van der Waals surface area contributed by atoms with E-state index < -0.39 is 0 Å². The van der Waals surface area contributed by atoms with E-state index in [0.717, 1.165) is 45.5 Å². The Balaban J connectivity index is 2.27. The van der Waals surface area contributed by atoms with Gasteiger partial charge in [0.15, 0.2) is 0 Å². The lowest BCUT2D eigenvalue weighted by molar-refractivity contribution is -0.131. The standard InChI is InChI=1S/C20H21NO3/c1-5-15-16(7-6-8-19(15)24-13(3)22)20-12(2)21-18-10-9-14(23-4)11-17(18)20/h6-11,21H,5H2,1-4H3. The lowest BCUT2D eigenvalue weighted by Crippen LogP contribution is -2.04. The molecule has 1 aromatic heterocycles. The lowest BCUT2D eigenvalue weighted by Gasteiger charge is -2.13.